The molecule has 0 unspecified atom stereocenters. The number of hydrogen-bond donors (Lipinski definition) is 1. The van der Waals surface area contributed by atoms with Gasteiger partial charge in [-0.25, -0.2) is 4.79 Å². The van der Waals surface area contributed by atoms with Crippen LogP contribution in [-0.4, -0.2) is 47.7 Å². The van der Waals surface area contributed by atoms with E-state index in [1.54, 1.807) is 0 Å². The largest absolute Gasteiger partial charge is 0.481 e. The second kappa shape index (κ2) is 7.07. The first-order valence-electron chi connectivity index (χ1n) is 9.01. The van der Waals surface area contributed by atoms with E-state index < -0.39 is 49.0 Å². The van der Waals surface area contributed by atoms with Crippen molar-refractivity contribution in [1.29, 1.82) is 0 Å². The topological polar surface area (TPSA) is 72.8 Å². The van der Waals surface area contributed by atoms with Crippen LogP contribution in [0, 0.1) is 23.7 Å². The van der Waals surface area contributed by atoms with Gasteiger partial charge in [0.2, 0.25) is 0 Å². The molecular formula is C17H20F6O5. The molecule has 0 saturated heterocycles. The van der Waals surface area contributed by atoms with E-state index in [-0.39, 0.29) is 11.8 Å². The number of carboxylic acid groups (broad SMARTS) is 1. The van der Waals surface area contributed by atoms with Gasteiger partial charge in [0.1, 0.15) is 13.0 Å². The maximum Gasteiger partial charge on any atom is 0.438 e. The second-order valence-corrected chi connectivity index (χ2v) is 8.07. The molecular weight excluding hydrogens is 398 g/mol. The molecule has 0 spiro atoms. The summed E-state index contributed by atoms with van der Waals surface area (Å²) in [6, 6.07) is 0. The molecule has 1 N–H and O–H groups in total. The van der Waals surface area contributed by atoms with Gasteiger partial charge in [-0.2, -0.15) is 26.3 Å². The highest BCUT2D eigenvalue weighted by atomic mass is 19.4. The number of halogens is 6. The van der Waals surface area contributed by atoms with E-state index >= 15 is 0 Å². The van der Waals surface area contributed by atoms with Gasteiger partial charge in [-0.15, -0.1) is 0 Å². The minimum absolute atomic E-state index is 0.137. The van der Waals surface area contributed by atoms with Crippen molar-refractivity contribution in [3.63, 3.8) is 0 Å². The van der Waals surface area contributed by atoms with Crippen molar-refractivity contribution < 1.29 is 50.5 Å². The zero-order valence-electron chi connectivity index (χ0n) is 14.7. The van der Waals surface area contributed by atoms with Crippen LogP contribution in [0.5, 0.6) is 0 Å². The maximum absolute atomic E-state index is 13.1. The summed E-state index contributed by atoms with van der Waals surface area (Å²) in [6.45, 7) is -1.08. The van der Waals surface area contributed by atoms with Crippen LogP contribution >= 0.6 is 0 Å². The predicted molar refractivity (Wildman–Crippen MR) is 80.0 cm³/mol. The van der Waals surface area contributed by atoms with E-state index in [0.29, 0.717) is 11.8 Å². The van der Waals surface area contributed by atoms with Crippen LogP contribution in [0.4, 0.5) is 26.3 Å². The van der Waals surface area contributed by atoms with Gasteiger partial charge in [0.25, 0.3) is 0 Å². The highest BCUT2D eigenvalue weighted by Crippen LogP contribution is 2.54. The summed E-state index contributed by atoms with van der Waals surface area (Å²) in [5.41, 5.74) is -5.11. The van der Waals surface area contributed by atoms with Crippen LogP contribution in [0.25, 0.3) is 0 Å². The van der Waals surface area contributed by atoms with E-state index in [1.165, 1.54) is 0 Å². The second-order valence-electron chi connectivity index (χ2n) is 8.07. The summed E-state index contributed by atoms with van der Waals surface area (Å²) in [5.74, 6) is -2.88. The quantitative estimate of drug-likeness (QED) is 0.526. The van der Waals surface area contributed by atoms with Gasteiger partial charge in [-0.3, -0.25) is 4.79 Å². The molecule has 0 atom stereocenters. The van der Waals surface area contributed by atoms with Crippen LogP contribution in [0.15, 0.2) is 0 Å². The van der Waals surface area contributed by atoms with Crippen LogP contribution in [-0.2, 0) is 19.1 Å². The van der Waals surface area contributed by atoms with Crippen molar-refractivity contribution in [2.24, 2.45) is 23.7 Å². The van der Waals surface area contributed by atoms with E-state index in [1.807, 2.05) is 0 Å². The SMILES string of the molecule is O=C(O)CC(OC(=O)COC1C2CC3CC(C2)CC1C3)(C(F)(F)F)C(F)(F)F. The molecule has 11 heteroatoms. The van der Waals surface area contributed by atoms with Crippen LogP contribution in [0.1, 0.15) is 38.5 Å². The van der Waals surface area contributed by atoms with Gasteiger partial charge in [-0.05, 0) is 55.8 Å². The molecule has 0 aromatic rings. The number of hydrogen-bond acceptors (Lipinski definition) is 4. The normalized spacial score (nSPS) is 32.4. The Morgan fingerprint density at radius 1 is 0.857 bits per heavy atom. The van der Waals surface area contributed by atoms with E-state index in [9.17, 15) is 35.9 Å². The Bertz CT molecular complexity index is 587. The molecule has 4 saturated carbocycles. The first-order valence-corrected chi connectivity index (χ1v) is 9.01. The summed E-state index contributed by atoms with van der Waals surface area (Å²) >= 11 is 0. The number of carboxylic acids is 1. The monoisotopic (exact) mass is 418 g/mol. The van der Waals surface area contributed by atoms with Crippen molar-refractivity contribution in [3.8, 4) is 0 Å². The Morgan fingerprint density at radius 2 is 1.32 bits per heavy atom. The van der Waals surface area contributed by atoms with Gasteiger partial charge in [0.05, 0.1) is 6.10 Å². The first-order chi connectivity index (χ1) is 12.8. The summed E-state index contributed by atoms with van der Waals surface area (Å²) in [5, 5.41) is 8.54. The molecule has 0 amide bonds. The average molecular weight is 418 g/mol. The van der Waals surface area contributed by atoms with Gasteiger partial charge >= 0.3 is 29.9 Å². The molecule has 0 aromatic heterocycles. The first kappa shape index (κ1) is 21.2. The average Bonchev–Trinajstić information content (AvgIpc) is 2.50. The summed E-state index contributed by atoms with van der Waals surface area (Å²) in [6.07, 6.45) is -10.5. The lowest BCUT2D eigenvalue weighted by molar-refractivity contribution is -0.370. The molecule has 0 heterocycles. The lowest BCUT2D eigenvalue weighted by atomic mass is 9.55. The number of esters is 1. The maximum atomic E-state index is 13.1. The number of alkyl halides is 6. The molecule has 0 radical (unpaired) electrons. The summed E-state index contributed by atoms with van der Waals surface area (Å²) in [7, 11) is 0. The lowest BCUT2D eigenvalue weighted by Gasteiger charge is -2.53. The van der Waals surface area contributed by atoms with E-state index in [0.717, 1.165) is 32.1 Å². The molecule has 0 aliphatic heterocycles. The van der Waals surface area contributed by atoms with E-state index in [2.05, 4.69) is 4.74 Å². The number of rotatable bonds is 6. The highest BCUT2D eigenvalue weighted by molar-refractivity contribution is 5.74. The zero-order chi connectivity index (χ0) is 20.9. The van der Waals surface area contributed by atoms with Crippen LogP contribution in [0.3, 0.4) is 0 Å². The molecule has 5 nitrogen and oxygen atoms in total. The number of carbonyl (C=O) groups excluding carboxylic acids is 1. The molecule has 4 fully saturated rings. The smallest absolute Gasteiger partial charge is 0.438 e. The highest BCUT2D eigenvalue weighted by Gasteiger charge is 2.75. The fourth-order valence-electron chi connectivity index (χ4n) is 5.26. The van der Waals surface area contributed by atoms with E-state index in [4.69, 9.17) is 9.84 Å². The fraction of sp³-hybridized carbons (Fsp3) is 0.882. The minimum Gasteiger partial charge on any atom is -0.481 e. The number of carbonyl (C=O) groups is 2. The standard InChI is InChI=1S/C17H20F6O5/c18-16(19,20)15(6-12(24)25,17(21,22)23)28-13(26)7-27-14-10-2-8-1-9(4-10)5-11(14)3-8/h8-11,14H,1-7H2,(H,24,25). The number of aliphatic carboxylic acids is 1. The van der Waals surface area contributed by atoms with Gasteiger partial charge in [-0.1, -0.05) is 0 Å². The Hall–Kier alpha value is -1.52. The third-order valence-electron chi connectivity index (χ3n) is 6.14. The molecule has 4 aliphatic rings. The molecule has 28 heavy (non-hydrogen) atoms. The summed E-state index contributed by atoms with van der Waals surface area (Å²) in [4.78, 5) is 22.5. The van der Waals surface area contributed by atoms with Crippen molar-refractivity contribution in [3.05, 3.63) is 0 Å². The lowest BCUT2D eigenvalue weighted by Crippen LogP contribution is -2.61. The number of ether oxygens (including phenoxy) is 2. The molecule has 4 aliphatic carbocycles. The van der Waals surface area contributed by atoms with Crippen molar-refractivity contribution in [1.82, 2.24) is 0 Å². The van der Waals surface area contributed by atoms with Gasteiger partial charge in [0.15, 0.2) is 0 Å². The van der Waals surface area contributed by atoms with Crippen molar-refractivity contribution in [2.45, 2.75) is 62.6 Å². The third kappa shape index (κ3) is 3.81. The van der Waals surface area contributed by atoms with Crippen molar-refractivity contribution >= 4 is 11.9 Å². The van der Waals surface area contributed by atoms with Gasteiger partial charge in [0, 0.05) is 0 Å². The fourth-order valence-corrected chi connectivity index (χ4v) is 5.26. The van der Waals surface area contributed by atoms with Gasteiger partial charge < -0.3 is 14.6 Å². The zero-order valence-corrected chi connectivity index (χ0v) is 14.7. The van der Waals surface area contributed by atoms with Crippen molar-refractivity contribution in [2.75, 3.05) is 6.61 Å². The summed E-state index contributed by atoms with van der Waals surface area (Å²) < 4.78 is 87.9. The third-order valence-corrected chi connectivity index (χ3v) is 6.14. The Balaban J connectivity index is 1.68. The molecule has 0 aromatic carbocycles. The van der Waals surface area contributed by atoms with Crippen LogP contribution in [0.2, 0.25) is 0 Å². The molecule has 4 bridgehead atoms. The molecule has 160 valence electrons. The Kier molecular flexibility index (Phi) is 5.35. The Labute approximate surface area is 156 Å². The predicted octanol–water partition coefficient (Wildman–Crippen LogP) is 3.71. The minimum atomic E-state index is -6.15. The molecule has 4 rings (SSSR count). The Morgan fingerprint density at radius 3 is 1.71 bits per heavy atom. The van der Waals surface area contributed by atoms with Crippen LogP contribution < -0.4 is 0 Å².